The Bertz CT molecular complexity index is 849. The van der Waals surface area contributed by atoms with E-state index in [4.69, 9.17) is 17.0 Å². The molecule has 1 fully saturated rings. The lowest BCUT2D eigenvalue weighted by molar-refractivity contribution is -0.136. The largest absolute Gasteiger partial charge is 0.466 e. The van der Waals surface area contributed by atoms with E-state index in [9.17, 15) is 9.59 Å². The molecule has 8 heteroatoms. The zero-order valence-corrected chi connectivity index (χ0v) is 18.6. The molecule has 162 valence electrons. The third-order valence-electron chi connectivity index (χ3n) is 5.74. The first kappa shape index (κ1) is 22.1. The summed E-state index contributed by atoms with van der Waals surface area (Å²) >= 11 is 5.50. The quantitative estimate of drug-likeness (QED) is 0.486. The molecule has 1 aliphatic carbocycles. The lowest BCUT2D eigenvalue weighted by atomic mass is 9.94. The summed E-state index contributed by atoms with van der Waals surface area (Å²) in [6, 6.07) is 7.03. The molecule has 1 aromatic carbocycles. The van der Waals surface area contributed by atoms with E-state index in [1.54, 1.807) is 0 Å². The lowest BCUT2D eigenvalue weighted by Gasteiger charge is -2.37. The Balaban J connectivity index is 1.81. The van der Waals surface area contributed by atoms with Crippen LogP contribution in [-0.2, 0) is 9.53 Å². The first-order chi connectivity index (χ1) is 14.4. The van der Waals surface area contributed by atoms with Gasteiger partial charge < -0.3 is 25.6 Å². The van der Waals surface area contributed by atoms with Gasteiger partial charge in [-0.15, -0.1) is 0 Å². The second-order valence-corrected chi connectivity index (χ2v) is 8.06. The van der Waals surface area contributed by atoms with Crippen LogP contribution >= 0.6 is 12.2 Å². The van der Waals surface area contributed by atoms with Crippen molar-refractivity contribution in [3.05, 3.63) is 41.1 Å². The zero-order valence-electron chi connectivity index (χ0n) is 17.8. The van der Waals surface area contributed by atoms with Crippen LogP contribution in [0.5, 0.6) is 0 Å². The molecular weight excluding hydrogens is 400 g/mol. The Morgan fingerprint density at radius 1 is 1.27 bits per heavy atom. The topological polar surface area (TPSA) is 82.7 Å². The summed E-state index contributed by atoms with van der Waals surface area (Å²) in [7, 11) is 1.37. The van der Waals surface area contributed by atoms with Gasteiger partial charge in [-0.2, -0.15) is 0 Å². The number of ether oxygens (including phenoxy) is 1. The van der Waals surface area contributed by atoms with E-state index in [-0.39, 0.29) is 12.1 Å². The first-order valence-corrected chi connectivity index (χ1v) is 10.9. The van der Waals surface area contributed by atoms with Crippen LogP contribution in [0.1, 0.15) is 57.6 Å². The normalized spacial score (nSPS) is 19.9. The number of amides is 2. The first-order valence-electron chi connectivity index (χ1n) is 10.5. The maximum atomic E-state index is 12.5. The van der Waals surface area contributed by atoms with Crippen molar-refractivity contribution >= 4 is 35.0 Å². The number of carbonyl (C=O) groups excluding carboxylic acids is 2. The summed E-state index contributed by atoms with van der Waals surface area (Å²) in [4.78, 5) is 26.8. The number of nitrogens with zero attached hydrogens (tertiary/aromatic N) is 1. The van der Waals surface area contributed by atoms with Crippen LogP contribution in [0.4, 0.5) is 10.5 Å². The summed E-state index contributed by atoms with van der Waals surface area (Å²) in [5, 5.41) is 9.77. The highest BCUT2D eigenvalue weighted by Gasteiger charge is 2.34. The minimum atomic E-state index is -0.448. The van der Waals surface area contributed by atoms with Gasteiger partial charge in [0, 0.05) is 24.0 Å². The minimum absolute atomic E-state index is 0.205. The zero-order chi connectivity index (χ0) is 21.7. The highest BCUT2D eigenvalue weighted by molar-refractivity contribution is 7.80. The predicted molar refractivity (Wildman–Crippen MR) is 121 cm³/mol. The average molecular weight is 431 g/mol. The Morgan fingerprint density at radius 2 is 2.00 bits per heavy atom. The molecule has 1 aromatic rings. The SMILES string of the molecule is CCN1C(=S)NC(c2cccc(NC(=O)NC3CCCCC3)c2)C(C(=O)OC)=C1C. The van der Waals surface area contributed by atoms with Gasteiger partial charge in [0.2, 0.25) is 0 Å². The molecule has 0 spiro atoms. The molecule has 1 unspecified atom stereocenters. The van der Waals surface area contributed by atoms with Gasteiger partial charge in [-0.25, -0.2) is 9.59 Å². The van der Waals surface area contributed by atoms with E-state index in [0.717, 1.165) is 36.9 Å². The number of urea groups is 1. The highest BCUT2D eigenvalue weighted by atomic mass is 32.1. The molecule has 1 atom stereocenters. The third-order valence-corrected chi connectivity index (χ3v) is 6.07. The molecule has 3 rings (SSSR count). The van der Waals surface area contributed by atoms with Crippen molar-refractivity contribution in [1.29, 1.82) is 0 Å². The van der Waals surface area contributed by atoms with Gasteiger partial charge in [0.05, 0.1) is 18.7 Å². The van der Waals surface area contributed by atoms with Gasteiger partial charge >= 0.3 is 12.0 Å². The summed E-state index contributed by atoms with van der Waals surface area (Å²) in [6.45, 7) is 4.49. The number of hydrogen-bond acceptors (Lipinski definition) is 4. The van der Waals surface area contributed by atoms with Gasteiger partial charge in [-0.3, -0.25) is 0 Å². The minimum Gasteiger partial charge on any atom is -0.466 e. The van der Waals surface area contributed by atoms with Crippen LogP contribution in [0.3, 0.4) is 0 Å². The fourth-order valence-corrected chi connectivity index (χ4v) is 4.57. The van der Waals surface area contributed by atoms with Crippen molar-refractivity contribution < 1.29 is 14.3 Å². The van der Waals surface area contributed by atoms with E-state index >= 15 is 0 Å². The highest BCUT2D eigenvalue weighted by Crippen LogP contribution is 2.32. The van der Waals surface area contributed by atoms with E-state index in [1.165, 1.54) is 13.5 Å². The smallest absolute Gasteiger partial charge is 0.337 e. The van der Waals surface area contributed by atoms with Crippen LogP contribution in [0.25, 0.3) is 0 Å². The number of anilines is 1. The van der Waals surface area contributed by atoms with Gasteiger partial charge in [-0.05, 0) is 56.6 Å². The molecule has 1 heterocycles. The van der Waals surface area contributed by atoms with Crippen LogP contribution in [0, 0.1) is 0 Å². The van der Waals surface area contributed by atoms with E-state index in [0.29, 0.717) is 22.9 Å². The Labute approximate surface area is 183 Å². The summed E-state index contributed by atoms with van der Waals surface area (Å²) in [6.07, 6.45) is 5.60. The number of esters is 1. The maximum Gasteiger partial charge on any atom is 0.337 e. The second kappa shape index (κ2) is 9.93. The van der Waals surface area contributed by atoms with Gasteiger partial charge in [0.15, 0.2) is 5.11 Å². The molecule has 0 bridgehead atoms. The van der Waals surface area contributed by atoms with Crippen molar-refractivity contribution in [1.82, 2.24) is 15.5 Å². The molecule has 1 aliphatic heterocycles. The van der Waals surface area contributed by atoms with Gasteiger partial charge in [0.1, 0.15) is 0 Å². The fraction of sp³-hybridized carbons (Fsp3) is 0.500. The van der Waals surface area contributed by atoms with E-state index in [1.807, 2.05) is 43.0 Å². The third kappa shape index (κ3) is 4.92. The summed E-state index contributed by atoms with van der Waals surface area (Å²) in [5.74, 6) is -0.403. The number of benzene rings is 1. The van der Waals surface area contributed by atoms with Crippen molar-refractivity contribution in [3.63, 3.8) is 0 Å². The Hall–Kier alpha value is -2.61. The second-order valence-electron chi connectivity index (χ2n) is 7.68. The standard InChI is InChI=1S/C22H30N4O3S/c1-4-26-14(2)18(20(27)29-3)19(25-22(26)30)15-9-8-12-17(13-15)24-21(28)23-16-10-6-5-7-11-16/h8-9,12-13,16,19H,4-7,10-11H2,1-3H3,(H,25,30)(H2,23,24,28). The number of rotatable bonds is 5. The van der Waals surface area contributed by atoms with Gasteiger partial charge in [0.25, 0.3) is 0 Å². The van der Waals surface area contributed by atoms with E-state index in [2.05, 4.69) is 16.0 Å². The molecule has 0 radical (unpaired) electrons. The molecule has 7 nitrogen and oxygen atoms in total. The molecule has 0 aromatic heterocycles. The number of carbonyl (C=O) groups is 2. The number of nitrogens with one attached hydrogen (secondary N) is 3. The Kier molecular flexibility index (Phi) is 7.31. The lowest BCUT2D eigenvalue weighted by Crippen LogP contribution is -2.47. The van der Waals surface area contributed by atoms with E-state index < -0.39 is 12.0 Å². The Morgan fingerprint density at radius 3 is 2.67 bits per heavy atom. The van der Waals surface area contributed by atoms with Crippen LogP contribution in [-0.4, -0.2) is 41.7 Å². The van der Waals surface area contributed by atoms with Crippen LogP contribution in [0.2, 0.25) is 0 Å². The molecule has 3 N–H and O–H groups in total. The molecule has 2 aliphatic rings. The number of hydrogen-bond donors (Lipinski definition) is 3. The molecule has 30 heavy (non-hydrogen) atoms. The van der Waals surface area contributed by atoms with Crippen molar-refractivity contribution in [2.24, 2.45) is 0 Å². The van der Waals surface area contributed by atoms with Gasteiger partial charge in [-0.1, -0.05) is 31.4 Å². The summed E-state index contributed by atoms with van der Waals surface area (Å²) < 4.78 is 5.03. The predicted octanol–water partition coefficient (Wildman–Crippen LogP) is 3.84. The number of allylic oxidation sites excluding steroid dienone is 1. The monoisotopic (exact) mass is 430 g/mol. The van der Waals surface area contributed by atoms with Crippen LogP contribution in [0.15, 0.2) is 35.5 Å². The van der Waals surface area contributed by atoms with Crippen LogP contribution < -0.4 is 16.0 Å². The fourth-order valence-electron chi connectivity index (χ4n) is 4.18. The number of methoxy groups -OCH3 is 1. The molecule has 2 amide bonds. The average Bonchev–Trinajstić information content (AvgIpc) is 2.74. The van der Waals surface area contributed by atoms with Crippen molar-refractivity contribution in [2.45, 2.75) is 58.0 Å². The van der Waals surface area contributed by atoms with Crippen molar-refractivity contribution in [3.8, 4) is 0 Å². The molecule has 0 saturated heterocycles. The number of thiocarbonyl (C=S) groups is 1. The maximum absolute atomic E-state index is 12.5. The molecular formula is C22H30N4O3S. The van der Waals surface area contributed by atoms with Crippen molar-refractivity contribution in [2.75, 3.05) is 19.0 Å². The molecule has 1 saturated carbocycles. The summed E-state index contributed by atoms with van der Waals surface area (Å²) in [5.41, 5.74) is 2.76.